The van der Waals surface area contributed by atoms with Gasteiger partial charge < -0.3 is 0 Å². The summed E-state index contributed by atoms with van der Waals surface area (Å²) in [5.74, 6) is 3.61. The van der Waals surface area contributed by atoms with Crippen LogP contribution in [0.3, 0.4) is 0 Å². The quantitative estimate of drug-likeness (QED) is 0.458. The number of rotatable bonds is 7. The number of hydrogen-bond donors (Lipinski definition) is 0. The first kappa shape index (κ1) is 21.6. The van der Waals surface area contributed by atoms with E-state index in [4.69, 9.17) is 0 Å². The summed E-state index contributed by atoms with van der Waals surface area (Å²) in [6, 6.07) is 2.71. The lowest BCUT2D eigenvalue weighted by atomic mass is 9.68. The molecule has 1 nitrogen and oxygen atoms in total. The maximum Gasteiger partial charge on any atom is 0.433 e. The van der Waals surface area contributed by atoms with Gasteiger partial charge in [0.1, 0.15) is 5.69 Å². The second-order valence-corrected chi connectivity index (χ2v) is 9.29. The zero-order valence-corrected chi connectivity index (χ0v) is 17.3. The molecule has 1 aromatic heterocycles. The van der Waals surface area contributed by atoms with Crippen molar-refractivity contribution < 1.29 is 13.2 Å². The van der Waals surface area contributed by atoms with Crippen molar-refractivity contribution in [1.29, 1.82) is 0 Å². The first-order valence-electron chi connectivity index (χ1n) is 11.5. The third-order valence-corrected chi connectivity index (χ3v) is 7.37. The van der Waals surface area contributed by atoms with Crippen molar-refractivity contribution in [3.63, 3.8) is 0 Å². The van der Waals surface area contributed by atoms with Gasteiger partial charge in [0.25, 0.3) is 0 Å². The number of aromatic nitrogens is 1. The predicted molar refractivity (Wildman–Crippen MR) is 108 cm³/mol. The lowest BCUT2D eigenvalue weighted by Gasteiger charge is -2.38. The summed E-state index contributed by atoms with van der Waals surface area (Å²) in [6.45, 7) is 2.29. The monoisotopic (exact) mass is 395 g/mol. The minimum absolute atomic E-state index is 0.736. The molecule has 3 rings (SSSR count). The van der Waals surface area contributed by atoms with Crippen LogP contribution < -0.4 is 0 Å². The normalized spacial score (nSPS) is 29.0. The molecule has 2 saturated carbocycles. The summed E-state index contributed by atoms with van der Waals surface area (Å²) in [5.41, 5.74) is 0.140. The fourth-order valence-electron chi connectivity index (χ4n) is 5.50. The van der Waals surface area contributed by atoms with Crippen LogP contribution in [0.4, 0.5) is 13.2 Å². The largest absolute Gasteiger partial charge is 0.433 e. The Morgan fingerprint density at radius 1 is 0.857 bits per heavy atom. The Balaban J connectivity index is 1.35. The Labute approximate surface area is 168 Å². The summed E-state index contributed by atoms with van der Waals surface area (Å²) >= 11 is 0. The van der Waals surface area contributed by atoms with Crippen LogP contribution in [0, 0.1) is 23.7 Å². The van der Waals surface area contributed by atoms with Crippen molar-refractivity contribution in [2.24, 2.45) is 23.7 Å². The molecule has 2 fully saturated rings. The maximum absolute atomic E-state index is 12.6. The molecule has 28 heavy (non-hydrogen) atoms. The van der Waals surface area contributed by atoms with E-state index in [1.54, 1.807) is 6.07 Å². The van der Waals surface area contributed by atoms with Crippen molar-refractivity contribution in [3.05, 3.63) is 29.6 Å². The molecule has 0 atom stereocenters. The van der Waals surface area contributed by atoms with Gasteiger partial charge in [0, 0.05) is 6.20 Å². The van der Waals surface area contributed by atoms with Crippen LogP contribution in [0.15, 0.2) is 18.3 Å². The first-order valence-corrected chi connectivity index (χ1v) is 11.5. The first-order chi connectivity index (χ1) is 13.5. The number of nitrogens with zero attached hydrogens (tertiary/aromatic N) is 1. The number of alkyl halides is 3. The number of aryl methyl sites for hydroxylation is 1. The summed E-state index contributed by atoms with van der Waals surface area (Å²) in [5, 5.41) is 0. The van der Waals surface area contributed by atoms with Crippen molar-refractivity contribution in [2.75, 3.05) is 0 Å². The van der Waals surface area contributed by atoms with E-state index in [2.05, 4.69) is 11.9 Å². The third-order valence-electron chi connectivity index (χ3n) is 7.37. The minimum atomic E-state index is -4.34. The number of unbranched alkanes of at least 4 members (excludes halogenated alkanes) is 1. The Bertz CT molecular complexity index is 565. The van der Waals surface area contributed by atoms with E-state index < -0.39 is 11.9 Å². The Morgan fingerprint density at radius 3 is 1.89 bits per heavy atom. The molecule has 1 heterocycles. The molecule has 1 aromatic rings. The number of pyridine rings is 1. The smallest absolute Gasteiger partial charge is 0.252 e. The summed E-state index contributed by atoms with van der Waals surface area (Å²) < 4.78 is 37.8. The second kappa shape index (κ2) is 10.1. The molecule has 4 heteroatoms. The van der Waals surface area contributed by atoms with E-state index in [1.165, 1.54) is 76.8 Å². The molecule has 2 aliphatic carbocycles. The van der Waals surface area contributed by atoms with Crippen molar-refractivity contribution >= 4 is 0 Å². The van der Waals surface area contributed by atoms with Crippen LogP contribution >= 0.6 is 0 Å². The van der Waals surface area contributed by atoms with Gasteiger partial charge in [0.15, 0.2) is 0 Å². The molecule has 2 aliphatic rings. The standard InChI is InChI=1S/C24H36F3N/c1-2-3-4-18-7-12-21(13-8-18)22-14-9-19(10-15-22)5-6-20-11-16-23(28-17-20)24(25,26)27/h11,16-19,21-22H,2-10,12-15H2,1H3. The fraction of sp³-hybridized carbons (Fsp3) is 0.792. The highest BCUT2D eigenvalue weighted by molar-refractivity contribution is 5.16. The van der Waals surface area contributed by atoms with Crippen LogP contribution in [0.25, 0.3) is 0 Å². The Kier molecular flexibility index (Phi) is 7.82. The van der Waals surface area contributed by atoms with Gasteiger partial charge in [-0.05, 0) is 73.8 Å². The molecule has 0 radical (unpaired) electrons. The summed E-state index contributed by atoms with van der Waals surface area (Å²) in [7, 11) is 0. The van der Waals surface area contributed by atoms with Crippen molar-refractivity contribution in [1.82, 2.24) is 4.98 Å². The van der Waals surface area contributed by atoms with Gasteiger partial charge >= 0.3 is 6.18 Å². The molecular weight excluding hydrogens is 359 g/mol. The number of halogens is 3. The van der Waals surface area contributed by atoms with E-state index >= 15 is 0 Å². The van der Waals surface area contributed by atoms with Crippen LogP contribution in [0.2, 0.25) is 0 Å². The highest BCUT2D eigenvalue weighted by Gasteiger charge is 2.32. The average Bonchev–Trinajstić information content (AvgIpc) is 2.71. The molecule has 0 spiro atoms. The molecule has 0 aromatic carbocycles. The number of hydrogen-bond acceptors (Lipinski definition) is 1. The van der Waals surface area contributed by atoms with Gasteiger partial charge in [-0.2, -0.15) is 13.2 Å². The highest BCUT2D eigenvalue weighted by atomic mass is 19.4. The third kappa shape index (κ3) is 6.22. The molecule has 0 unspecified atom stereocenters. The average molecular weight is 396 g/mol. The zero-order valence-electron chi connectivity index (χ0n) is 17.3. The van der Waals surface area contributed by atoms with Gasteiger partial charge in [0.05, 0.1) is 0 Å². The van der Waals surface area contributed by atoms with Gasteiger partial charge in [-0.3, -0.25) is 4.98 Å². The van der Waals surface area contributed by atoms with Gasteiger partial charge in [-0.1, -0.05) is 57.9 Å². The SMILES string of the molecule is CCCCC1CCC(C2CCC(CCc3ccc(C(F)(F)F)nc3)CC2)CC1. The molecule has 0 aliphatic heterocycles. The predicted octanol–water partition coefficient (Wildman–Crippen LogP) is 7.84. The van der Waals surface area contributed by atoms with E-state index in [0.29, 0.717) is 0 Å². The Hall–Kier alpha value is -1.06. The minimum Gasteiger partial charge on any atom is -0.252 e. The van der Waals surface area contributed by atoms with Gasteiger partial charge in [-0.15, -0.1) is 0 Å². The fourth-order valence-corrected chi connectivity index (χ4v) is 5.50. The molecule has 0 saturated heterocycles. The van der Waals surface area contributed by atoms with Gasteiger partial charge in [-0.25, -0.2) is 0 Å². The topological polar surface area (TPSA) is 12.9 Å². The molecule has 158 valence electrons. The van der Waals surface area contributed by atoms with Crippen LogP contribution in [-0.4, -0.2) is 4.98 Å². The maximum atomic E-state index is 12.6. The van der Waals surface area contributed by atoms with Crippen LogP contribution in [0.1, 0.15) is 95.2 Å². The van der Waals surface area contributed by atoms with E-state index in [1.807, 2.05) is 0 Å². The Morgan fingerprint density at radius 2 is 1.43 bits per heavy atom. The lowest BCUT2D eigenvalue weighted by molar-refractivity contribution is -0.141. The summed E-state index contributed by atoms with van der Waals surface area (Å²) in [6.07, 6.45) is 14.3. The van der Waals surface area contributed by atoms with Crippen molar-refractivity contribution in [2.45, 2.75) is 96.6 Å². The van der Waals surface area contributed by atoms with E-state index in [-0.39, 0.29) is 0 Å². The highest BCUT2D eigenvalue weighted by Crippen LogP contribution is 2.43. The van der Waals surface area contributed by atoms with E-state index in [0.717, 1.165) is 48.1 Å². The molecule has 0 amide bonds. The van der Waals surface area contributed by atoms with Crippen LogP contribution in [-0.2, 0) is 12.6 Å². The van der Waals surface area contributed by atoms with Crippen LogP contribution in [0.5, 0.6) is 0 Å². The molecule has 0 N–H and O–H groups in total. The molecule has 0 bridgehead atoms. The zero-order chi connectivity index (χ0) is 20.0. The lowest BCUT2D eigenvalue weighted by Crippen LogP contribution is -2.26. The molecular formula is C24H36F3N. The second-order valence-electron chi connectivity index (χ2n) is 9.29. The van der Waals surface area contributed by atoms with Gasteiger partial charge in [0.2, 0.25) is 0 Å². The summed E-state index contributed by atoms with van der Waals surface area (Å²) in [4.78, 5) is 3.59. The van der Waals surface area contributed by atoms with E-state index in [9.17, 15) is 13.2 Å². The van der Waals surface area contributed by atoms with Crippen molar-refractivity contribution in [3.8, 4) is 0 Å².